The van der Waals surface area contributed by atoms with E-state index < -0.39 is 28.5 Å². The van der Waals surface area contributed by atoms with E-state index in [1.54, 1.807) is 42.5 Å². The van der Waals surface area contributed by atoms with Gasteiger partial charge in [0.25, 0.3) is 10.0 Å². The molecule has 0 aliphatic heterocycles. The number of hydrogen-bond donors (Lipinski definition) is 1. The Balaban J connectivity index is 2.11. The van der Waals surface area contributed by atoms with Crippen molar-refractivity contribution in [3.63, 3.8) is 0 Å². The second-order valence-corrected chi connectivity index (χ2v) is 13.2. The smallest absolute Gasteiger partial charge is 0.264 e. The summed E-state index contributed by atoms with van der Waals surface area (Å²) in [6.07, 6.45) is 0.319. The molecule has 0 aromatic heterocycles. The lowest BCUT2D eigenvalue weighted by Crippen LogP contribution is -2.53. The predicted octanol–water partition coefficient (Wildman–Crippen LogP) is 6.45. The summed E-state index contributed by atoms with van der Waals surface area (Å²) >= 11 is 12.4. The minimum Gasteiger partial charge on any atom is -0.352 e. The number of halogens is 2. The number of hydrogen-bond acceptors (Lipinski definition) is 4. The average Bonchev–Trinajstić information content (AvgIpc) is 2.88. The third-order valence-corrected chi connectivity index (χ3v) is 9.06. The molecule has 7 nitrogen and oxygen atoms in total. The van der Waals surface area contributed by atoms with Crippen LogP contribution in [0.3, 0.4) is 0 Å². The van der Waals surface area contributed by atoms with Crippen LogP contribution >= 0.6 is 23.2 Å². The number of amides is 2. The number of nitrogens with zero attached hydrogens (tertiary/aromatic N) is 2. The van der Waals surface area contributed by atoms with Crippen LogP contribution in [0.15, 0.2) is 65.6 Å². The Morgan fingerprint density at radius 2 is 1.46 bits per heavy atom. The molecule has 1 atom stereocenters. The summed E-state index contributed by atoms with van der Waals surface area (Å²) < 4.78 is 29.2. The number of aryl methyl sites for hydroxylation is 3. The zero-order valence-electron chi connectivity index (χ0n) is 24.2. The normalized spacial score (nSPS) is 12.2. The SMILES string of the molecule is CC[C@@H](C(=O)NC(C)C)N(Cc1ccc(Cl)c(Cl)c1)C(=O)CN(c1cc(C)cc(C)c1)S(=O)(=O)c1ccc(C)cc1. The van der Waals surface area contributed by atoms with Crippen molar-refractivity contribution < 1.29 is 18.0 Å². The van der Waals surface area contributed by atoms with E-state index in [9.17, 15) is 18.0 Å². The van der Waals surface area contributed by atoms with E-state index in [0.717, 1.165) is 21.0 Å². The number of anilines is 1. The zero-order chi connectivity index (χ0) is 30.5. The Morgan fingerprint density at radius 3 is 2.00 bits per heavy atom. The highest BCUT2D eigenvalue weighted by Crippen LogP contribution is 2.28. The maximum atomic E-state index is 14.2. The molecule has 0 saturated heterocycles. The molecular formula is C31H37Cl2N3O4S. The Labute approximate surface area is 253 Å². The van der Waals surface area contributed by atoms with E-state index in [1.165, 1.54) is 17.0 Å². The fraction of sp³-hybridized carbons (Fsp3) is 0.355. The predicted molar refractivity (Wildman–Crippen MR) is 166 cm³/mol. The minimum atomic E-state index is -4.14. The molecule has 1 N–H and O–H groups in total. The molecule has 41 heavy (non-hydrogen) atoms. The molecule has 3 aromatic carbocycles. The van der Waals surface area contributed by atoms with Crippen molar-refractivity contribution in [2.75, 3.05) is 10.8 Å². The van der Waals surface area contributed by atoms with Gasteiger partial charge in [-0.2, -0.15) is 0 Å². The molecule has 2 amide bonds. The molecule has 0 radical (unpaired) electrons. The van der Waals surface area contributed by atoms with Gasteiger partial charge in [-0.05, 0) is 94.1 Å². The van der Waals surface area contributed by atoms with Crippen LogP contribution in [0.1, 0.15) is 49.4 Å². The van der Waals surface area contributed by atoms with Crippen molar-refractivity contribution >= 4 is 50.7 Å². The molecule has 3 rings (SSSR count). The van der Waals surface area contributed by atoms with Crippen LogP contribution in [0, 0.1) is 20.8 Å². The van der Waals surface area contributed by atoms with Gasteiger partial charge in [-0.3, -0.25) is 13.9 Å². The highest BCUT2D eigenvalue weighted by atomic mass is 35.5. The molecule has 0 aliphatic carbocycles. The lowest BCUT2D eigenvalue weighted by molar-refractivity contribution is -0.140. The first-order valence-corrected chi connectivity index (χ1v) is 15.6. The fourth-order valence-corrected chi connectivity index (χ4v) is 6.31. The number of carbonyl (C=O) groups excluding carboxylic acids is 2. The second-order valence-electron chi connectivity index (χ2n) is 10.5. The van der Waals surface area contributed by atoms with Crippen LogP contribution in [-0.4, -0.2) is 43.8 Å². The molecule has 0 fully saturated rings. The van der Waals surface area contributed by atoms with Crippen molar-refractivity contribution in [2.24, 2.45) is 0 Å². The van der Waals surface area contributed by atoms with Crippen molar-refractivity contribution in [2.45, 2.75) is 71.5 Å². The van der Waals surface area contributed by atoms with Gasteiger partial charge in [-0.1, -0.05) is 60.0 Å². The van der Waals surface area contributed by atoms with Crippen molar-refractivity contribution in [3.8, 4) is 0 Å². The number of benzene rings is 3. The van der Waals surface area contributed by atoms with Crippen molar-refractivity contribution in [3.05, 3.63) is 93.0 Å². The van der Waals surface area contributed by atoms with Crippen LogP contribution in [0.4, 0.5) is 5.69 Å². The largest absolute Gasteiger partial charge is 0.352 e. The van der Waals surface area contributed by atoms with Crippen LogP contribution in [-0.2, 0) is 26.2 Å². The summed E-state index contributed by atoms with van der Waals surface area (Å²) in [6, 6.07) is 15.9. The number of rotatable bonds is 11. The summed E-state index contributed by atoms with van der Waals surface area (Å²) in [5.41, 5.74) is 3.64. The topological polar surface area (TPSA) is 86.8 Å². The second kappa shape index (κ2) is 13.7. The molecule has 220 valence electrons. The Hall–Kier alpha value is -3.07. The van der Waals surface area contributed by atoms with Crippen molar-refractivity contribution in [1.82, 2.24) is 10.2 Å². The maximum Gasteiger partial charge on any atom is 0.264 e. The van der Waals surface area contributed by atoms with Crippen molar-refractivity contribution in [1.29, 1.82) is 0 Å². The van der Waals surface area contributed by atoms with Gasteiger partial charge in [-0.15, -0.1) is 0 Å². The molecule has 0 bridgehead atoms. The highest BCUT2D eigenvalue weighted by Gasteiger charge is 2.34. The maximum absolute atomic E-state index is 14.2. The standard InChI is InChI=1S/C31H37Cl2N3O4S/c1-7-29(31(38)34-20(2)3)35(18-24-10-13-27(32)28(33)17-24)30(37)19-36(25-15-22(5)14-23(6)16-25)41(39,40)26-11-8-21(4)9-12-26/h8-17,20,29H,7,18-19H2,1-6H3,(H,34,38)/t29-/m0/s1. The van der Waals surface area contributed by atoms with Gasteiger partial charge in [0.05, 0.1) is 20.6 Å². The molecular weight excluding hydrogens is 581 g/mol. The fourth-order valence-electron chi connectivity index (χ4n) is 4.60. The first-order chi connectivity index (χ1) is 19.2. The monoisotopic (exact) mass is 617 g/mol. The summed E-state index contributed by atoms with van der Waals surface area (Å²) in [5, 5.41) is 3.56. The average molecular weight is 619 g/mol. The summed E-state index contributed by atoms with van der Waals surface area (Å²) in [6.45, 7) is 10.6. The Bertz CT molecular complexity index is 1490. The third kappa shape index (κ3) is 8.24. The first kappa shape index (κ1) is 32.4. The molecule has 0 spiro atoms. The molecule has 0 heterocycles. The van der Waals surface area contributed by atoms with Crippen LogP contribution in [0.25, 0.3) is 0 Å². The first-order valence-electron chi connectivity index (χ1n) is 13.4. The number of sulfonamides is 1. The number of carbonyl (C=O) groups is 2. The van der Waals surface area contributed by atoms with Gasteiger partial charge in [-0.25, -0.2) is 8.42 Å². The van der Waals surface area contributed by atoms with E-state index in [0.29, 0.717) is 27.7 Å². The minimum absolute atomic E-state index is 0.0327. The Kier molecular flexibility index (Phi) is 10.9. The van der Waals surface area contributed by atoms with Gasteiger partial charge in [0.1, 0.15) is 12.6 Å². The van der Waals surface area contributed by atoms with Crippen LogP contribution in [0.5, 0.6) is 0 Å². The Morgan fingerprint density at radius 1 is 0.854 bits per heavy atom. The summed E-state index contributed by atoms with van der Waals surface area (Å²) in [4.78, 5) is 28.9. The van der Waals surface area contributed by atoms with Gasteiger partial charge >= 0.3 is 0 Å². The van der Waals surface area contributed by atoms with Crippen LogP contribution in [0.2, 0.25) is 10.0 Å². The van der Waals surface area contributed by atoms with E-state index in [4.69, 9.17) is 23.2 Å². The summed E-state index contributed by atoms with van der Waals surface area (Å²) in [5.74, 6) is -0.855. The quantitative estimate of drug-likeness (QED) is 0.268. The van der Waals surface area contributed by atoms with Crippen LogP contribution < -0.4 is 9.62 Å². The van der Waals surface area contributed by atoms with Gasteiger partial charge in [0, 0.05) is 12.6 Å². The zero-order valence-corrected chi connectivity index (χ0v) is 26.6. The van der Waals surface area contributed by atoms with Gasteiger partial charge in [0.2, 0.25) is 11.8 Å². The third-order valence-electron chi connectivity index (χ3n) is 6.54. The van der Waals surface area contributed by atoms with E-state index >= 15 is 0 Å². The van der Waals surface area contributed by atoms with E-state index in [1.807, 2.05) is 47.6 Å². The highest BCUT2D eigenvalue weighted by molar-refractivity contribution is 7.92. The molecule has 0 saturated carbocycles. The number of nitrogens with one attached hydrogen (secondary N) is 1. The van der Waals surface area contributed by atoms with E-state index in [-0.39, 0.29) is 23.4 Å². The molecule has 0 aliphatic rings. The lowest BCUT2D eigenvalue weighted by atomic mass is 10.1. The van der Waals surface area contributed by atoms with Gasteiger partial charge < -0.3 is 10.2 Å². The summed E-state index contributed by atoms with van der Waals surface area (Å²) in [7, 11) is -4.14. The molecule has 0 unspecified atom stereocenters. The van der Waals surface area contributed by atoms with Gasteiger partial charge in [0.15, 0.2) is 0 Å². The molecule has 3 aromatic rings. The molecule has 10 heteroatoms. The lowest BCUT2D eigenvalue weighted by Gasteiger charge is -2.33. The van der Waals surface area contributed by atoms with E-state index in [2.05, 4.69) is 5.32 Å².